The third kappa shape index (κ3) is 6.85. The van der Waals surface area contributed by atoms with Crippen LogP contribution in [0.2, 0.25) is 0 Å². The molecule has 2 aliphatic rings. The lowest BCUT2D eigenvalue weighted by atomic mass is 10.1. The molecule has 198 valence electrons. The first-order chi connectivity index (χ1) is 17.8. The quantitative estimate of drug-likeness (QED) is 0.447. The highest BCUT2D eigenvalue weighted by Gasteiger charge is 2.29. The van der Waals surface area contributed by atoms with Gasteiger partial charge in [0.15, 0.2) is 5.78 Å². The summed E-state index contributed by atoms with van der Waals surface area (Å²) in [6.07, 6.45) is 0. The molecule has 0 radical (unpaired) electrons. The highest BCUT2D eigenvalue weighted by molar-refractivity contribution is 5.98. The van der Waals surface area contributed by atoms with Gasteiger partial charge in [-0.25, -0.2) is 0 Å². The summed E-state index contributed by atoms with van der Waals surface area (Å²) in [4.78, 5) is 43.5. The Kier molecular flexibility index (Phi) is 8.75. The van der Waals surface area contributed by atoms with Gasteiger partial charge in [-0.3, -0.25) is 19.3 Å². The normalized spacial score (nSPS) is 17.4. The summed E-state index contributed by atoms with van der Waals surface area (Å²) in [6, 6.07) is 11.0. The molecule has 2 aromatic rings. The Bertz CT molecular complexity index is 1110. The highest BCUT2D eigenvalue weighted by Crippen LogP contribution is 2.20. The number of phenolic OH excluding ortho intramolecular Hbond substituents is 1. The third-order valence-electron chi connectivity index (χ3n) is 6.77. The van der Waals surface area contributed by atoms with E-state index in [9.17, 15) is 24.6 Å². The van der Waals surface area contributed by atoms with Crippen molar-refractivity contribution in [2.45, 2.75) is 19.5 Å². The van der Waals surface area contributed by atoms with Gasteiger partial charge < -0.3 is 30.1 Å². The van der Waals surface area contributed by atoms with Crippen LogP contribution in [0.4, 0.5) is 5.69 Å². The summed E-state index contributed by atoms with van der Waals surface area (Å²) in [6.45, 7) is 6.47. The second-order valence-corrected chi connectivity index (χ2v) is 9.40. The van der Waals surface area contributed by atoms with E-state index >= 15 is 0 Å². The number of Topliss-reactive ketones (excluding diaryl/α,β-unsaturated/α-hetero) is 1. The summed E-state index contributed by atoms with van der Waals surface area (Å²) >= 11 is 0. The topological polar surface area (TPSA) is 123 Å². The van der Waals surface area contributed by atoms with Crippen LogP contribution < -0.4 is 10.2 Å². The number of amides is 2. The van der Waals surface area contributed by atoms with Crippen LogP contribution in [0.1, 0.15) is 33.2 Å². The van der Waals surface area contributed by atoms with Crippen LogP contribution in [0.5, 0.6) is 5.75 Å². The number of benzene rings is 2. The lowest BCUT2D eigenvalue weighted by Gasteiger charge is -2.37. The van der Waals surface area contributed by atoms with Crippen LogP contribution in [0.25, 0.3) is 0 Å². The van der Waals surface area contributed by atoms with E-state index in [-0.39, 0.29) is 23.0 Å². The number of hydrogen-bond donors (Lipinski definition) is 3. The molecule has 2 amide bonds. The second kappa shape index (κ2) is 12.2. The maximum atomic E-state index is 13.1. The zero-order valence-electron chi connectivity index (χ0n) is 21.1. The Morgan fingerprint density at radius 1 is 0.946 bits per heavy atom. The number of ketones is 1. The fraction of sp³-hybridized carbons (Fsp3) is 0.444. The molecule has 0 unspecified atom stereocenters. The molecule has 2 heterocycles. The van der Waals surface area contributed by atoms with Crippen molar-refractivity contribution in [2.75, 3.05) is 64.0 Å². The van der Waals surface area contributed by atoms with Gasteiger partial charge >= 0.3 is 0 Å². The van der Waals surface area contributed by atoms with Crippen molar-refractivity contribution in [2.24, 2.45) is 0 Å². The molecule has 4 rings (SSSR count). The molecule has 10 nitrogen and oxygen atoms in total. The number of aliphatic hydroxyl groups excluding tert-OH is 1. The fourth-order valence-electron chi connectivity index (χ4n) is 4.65. The van der Waals surface area contributed by atoms with Crippen molar-refractivity contribution in [1.29, 1.82) is 0 Å². The van der Waals surface area contributed by atoms with Crippen molar-refractivity contribution in [1.82, 2.24) is 15.1 Å². The van der Waals surface area contributed by atoms with Crippen LogP contribution in [0.3, 0.4) is 0 Å². The molecule has 0 aromatic heterocycles. The number of aliphatic hydroxyl groups is 1. The van der Waals surface area contributed by atoms with E-state index in [1.165, 1.54) is 13.0 Å². The zero-order valence-corrected chi connectivity index (χ0v) is 21.1. The molecule has 2 saturated heterocycles. The van der Waals surface area contributed by atoms with Crippen LogP contribution in [-0.4, -0.2) is 103 Å². The molecule has 2 aliphatic heterocycles. The summed E-state index contributed by atoms with van der Waals surface area (Å²) in [5.74, 6) is -0.903. The van der Waals surface area contributed by atoms with E-state index in [2.05, 4.69) is 15.1 Å². The van der Waals surface area contributed by atoms with E-state index in [1.807, 2.05) is 12.1 Å². The standard InChI is InChI=1S/C27H34N4O6/c1-19(33)21-2-4-23(5-3-21)30-6-8-31(9-7-30)27(36)25(18-32)28-26(35)22-14-20(15-24(34)16-22)17-29-10-12-37-13-11-29/h2-5,14-16,25,32,34H,6-13,17-18H2,1H3,(H,28,35)/t25-/m0/s1. The van der Waals surface area contributed by atoms with Crippen LogP contribution in [-0.2, 0) is 16.1 Å². The number of hydrogen-bond acceptors (Lipinski definition) is 8. The molecule has 1 atom stereocenters. The van der Waals surface area contributed by atoms with Crippen LogP contribution >= 0.6 is 0 Å². The van der Waals surface area contributed by atoms with Gasteiger partial charge in [0.05, 0.1) is 19.8 Å². The van der Waals surface area contributed by atoms with Crippen molar-refractivity contribution in [3.63, 3.8) is 0 Å². The average Bonchev–Trinajstić information content (AvgIpc) is 2.91. The first kappa shape index (κ1) is 26.6. The highest BCUT2D eigenvalue weighted by atomic mass is 16.5. The molecule has 0 saturated carbocycles. The fourth-order valence-corrected chi connectivity index (χ4v) is 4.65. The number of phenols is 1. The minimum Gasteiger partial charge on any atom is -0.508 e. The average molecular weight is 511 g/mol. The Morgan fingerprint density at radius 2 is 1.62 bits per heavy atom. The summed E-state index contributed by atoms with van der Waals surface area (Å²) in [5.41, 5.74) is 2.64. The predicted octanol–water partition coefficient (Wildman–Crippen LogP) is 0.867. The van der Waals surface area contributed by atoms with Gasteiger partial charge in [-0.2, -0.15) is 0 Å². The second-order valence-electron chi connectivity index (χ2n) is 9.40. The largest absolute Gasteiger partial charge is 0.508 e. The maximum absolute atomic E-state index is 13.1. The van der Waals surface area contributed by atoms with Crippen molar-refractivity contribution in [3.05, 3.63) is 59.2 Å². The summed E-state index contributed by atoms with van der Waals surface area (Å²) in [5, 5.41) is 22.7. The number of aromatic hydroxyl groups is 1. The van der Waals surface area contributed by atoms with Gasteiger partial charge in [0.2, 0.25) is 5.91 Å². The number of anilines is 1. The van der Waals surface area contributed by atoms with E-state index in [0.29, 0.717) is 51.5 Å². The van der Waals surface area contributed by atoms with Gasteiger partial charge in [0.25, 0.3) is 5.91 Å². The molecule has 0 aliphatic carbocycles. The molecule has 3 N–H and O–H groups in total. The molecule has 2 fully saturated rings. The first-order valence-corrected chi connectivity index (χ1v) is 12.5. The van der Waals surface area contributed by atoms with Crippen LogP contribution in [0, 0.1) is 0 Å². The van der Waals surface area contributed by atoms with E-state index < -0.39 is 18.6 Å². The lowest BCUT2D eigenvalue weighted by molar-refractivity contribution is -0.134. The Hall–Kier alpha value is -3.47. The monoisotopic (exact) mass is 510 g/mol. The number of morpholine rings is 1. The molecule has 0 bridgehead atoms. The van der Waals surface area contributed by atoms with Crippen molar-refractivity contribution in [3.8, 4) is 5.75 Å². The zero-order chi connectivity index (χ0) is 26.4. The summed E-state index contributed by atoms with van der Waals surface area (Å²) in [7, 11) is 0. The lowest BCUT2D eigenvalue weighted by Crippen LogP contribution is -2.56. The smallest absolute Gasteiger partial charge is 0.252 e. The van der Waals surface area contributed by atoms with Crippen molar-refractivity contribution >= 4 is 23.3 Å². The Balaban J connectivity index is 1.34. The Labute approximate surface area is 216 Å². The third-order valence-corrected chi connectivity index (χ3v) is 6.77. The molecule has 37 heavy (non-hydrogen) atoms. The van der Waals surface area contributed by atoms with Gasteiger partial charge in [-0.15, -0.1) is 0 Å². The molecule has 10 heteroatoms. The molecule has 2 aromatic carbocycles. The number of rotatable bonds is 8. The number of nitrogens with zero attached hydrogens (tertiary/aromatic N) is 3. The molecular formula is C27H34N4O6. The van der Waals surface area contributed by atoms with E-state index in [1.54, 1.807) is 29.2 Å². The molecular weight excluding hydrogens is 476 g/mol. The predicted molar refractivity (Wildman–Crippen MR) is 138 cm³/mol. The number of piperazine rings is 1. The number of carbonyl (C=O) groups is 3. The van der Waals surface area contributed by atoms with Gasteiger partial charge in [-0.1, -0.05) is 0 Å². The van der Waals surface area contributed by atoms with Gasteiger partial charge in [0, 0.05) is 62.6 Å². The van der Waals surface area contributed by atoms with E-state index in [0.717, 1.165) is 24.3 Å². The minimum atomic E-state index is -1.08. The molecule has 0 spiro atoms. The van der Waals surface area contributed by atoms with Crippen molar-refractivity contribution < 1.29 is 29.3 Å². The van der Waals surface area contributed by atoms with E-state index in [4.69, 9.17) is 4.74 Å². The first-order valence-electron chi connectivity index (χ1n) is 12.5. The SMILES string of the molecule is CC(=O)c1ccc(N2CCN(C(=O)[C@H](CO)NC(=O)c3cc(O)cc(CN4CCOCC4)c3)CC2)cc1. The Morgan fingerprint density at radius 3 is 2.24 bits per heavy atom. The number of nitrogens with one attached hydrogen (secondary N) is 1. The number of carbonyl (C=O) groups excluding carboxylic acids is 3. The summed E-state index contributed by atoms with van der Waals surface area (Å²) < 4.78 is 5.36. The number of ether oxygens (including phenoxy) is 1. The van der Waals surface area contributed by atoms with Gasteiger partial charge in [0.1, 0.15) is 11.8 Å². The minimum absolute atomic E-state index is 0.0121. The van der Waals surface area contributed by atoms with Gasteiger partial charge in [-0.05, 0) is 55.0 Å². The maximum Gasteiger partial charge on any atom is 0.252 e. The van der Waals surface area contributed by atoms with Crippen LogP contribution in [0.15, 0.2) is 42.5 Å².